The van der Waals surface area contributed by atoms with E-state index in [1.165, 1.54) is 11.3 Å². The van der Waals surface area contributed by atoms with Crippen LogP contribution in [0.2, 0.25) is 0 Å². The number of likely N-dealkylation sites (N-methyl/N-ethyl adjacent to an activating group) is 1. The molecule has 1 aromatic rings. The number of nitrogens with one attached hydrogen (secondary N) is 1. The molecule has 2 atom stereocenters. The maximum Gasteiger partial charge on any atom is 0.234 e. The van der Waals surface area contributed by atoms with Crippen LogP contribution in [-0.4, -0.2) is 53.7 Å². The van der Waals surface area contributed by atoms with Crippen molar-refractivity contribution in [3.8, 4) is 0 Å². The van der Waals surface area contributed by atoms with Crippen LogP contribution in [0.25, 0.3) is 0 Å². The third kappa shape index (κ3) is 4.73. The number of aliphatic hydroxyl groups is 1. The van der Waals surface area contributed by atoms with Crippen molar-refractivity contribution < 1.29 is 9.90 Å². The molecule has 1 fully saturated rings. The first-order valence-corrected chi connectivity index (χ1v) is 9.06. The lowest BCUT2D eigenvalue weighted by Gasteiger charge is -2.24. The largest absolute Gasteiger partial charge is 0.394 e. The smallest absolute Gasteiger partial charge is 0.234 e. The highest BCUT2D eigenvalue weighted by atomic mass is 32.2. The highest BCUT2D eigenvalue weighted by molar-refractivity contribution is 7.99. The van der Waals surface area contributed by atoms with Gasteiger partial charge in [-0.05, 0) is 36.8 Å². The van der Waals surface area contributed by atoms with Crippen molar-refractivity contribution in [2.24, 2.45) is 0 Å². The second-order valence-corrected chi connectivity index (χ2v) is 6.98. The lowest BCUT2D eigenvalue weighted by atomic mass is 10.0. The first-order valence-electron chi connectivity index (χ1n) is 7.91. The zero-order chi connectivity index (χ0) is 15.9. The van der Waals surface area contributed by atoms with Crippen molar-refractivity contribution in [1.82, 2.24) is 10.2 Å². The predicted molar refractivity (Wildman–Crippen MR) is 92.1 cm³/mol. The predicted octanol–water partition coefficient (Wildman–Crippen LogP) is 1.84. The van der Waals surface area contributed by atoms with E-state index in [1.54, 1.807) is 0 Å². The van der Waals surface area contributed by atoms with Crippen molar-refractivity contribution in [3.05, 3.63) is 35.4 Å². The summed E-state index contributed by atoms with van der Waals surface area (Å²) in [6, 6.07) is 8.23. The Morgan fingerprint density at radius 3 is 2.73 bits per heavy atom. The second-order valence-electron chi connectivity index (χ2n) is 5.83. The number of aliphatic hydroxyl groups excluding tert-OH is 1. The summed E-state index contributed by atoms with van der Waals surface area (Å²) in [5.41, 5.74) is 2.21. The summed E-state index contributed by atoms with van der Waals surface area (Å²) in [6.07, 6.45) is 2.14. The number of carbonyl (C=O) groups is 1. The zero-order valence-corrected chi connectivity index (χ0v) is 14.2. The maximum absolute atomic E-state index is 12.2. The molecule has 0 aliphatic carbocycles. The van der Waals surface area contributed by atoms with E-state index in [9.17, 15) is 9.90 Å². The van der Waals surface area contributed by atoms with Crippen LogP contribution in [0.5, 0.6) is 0 Å². The molecule has 2 rings (SSSR count). The Morgan fingerprint density at radius 2 is 2.18 bits per heavy atom. The van der Waals surface area contributed by atoms with E-state index in [1.807, 2.05) is 43.1 Å². The summed E-state index contributed by atoms with van der Waals surface area (Å²) in [6.45, 7) is 2.41. The van der Waals surface area contributed by atoms with Crippen molar-refractivity contribution in [2.45, 2.75) is 31.8 Å². The molecular weight excluding hydrogens is 296 g/mol. The molecule has 4 nitrogen and oxygen atoms in total. The lowest BCUT2D eigenvalue weighted by molar-refractivity contribution is -0.123. The third-order valence-electron chi connectivity index (χ3n) is 4.23. The molecule has 1 aromatic carbocycles. The molecule has 1 aliphatic heterocycles. The number of thioether (sulfide) groups is 1. The minimum Gasteiger partial charge on any atom is -0.394 e. The van der Waals surface area contributed by atoms with E-state index in [4.69, 9.17) is 0 Å². The molecule has 0 aromatic heterocycles. The van der Waals surface area contributed by atoms with Crippen LogP contribution in [-0.2, 0) is 11.2 Å². The highest BCUT2D eigenvalue weighted by Crippen LogP contribution is 2.21. The molecule has 5 heteroatoms. The van der Waals surface area contributed by atoms with Gasteiger partial charge in [0.15, 0.2) is 0 Å². The summed E-state index contributed by atoms with van der Waals surface area (Å²) in [4.78, 5) is 14.3. The Morgan fingerprint density at radius 1 is 1.45 bits per heavy atom. The molecule has 2 unspecified atom stereocenters. The van der Waals surface area contributed by atoms with Gasteiger partial charge in [0.1, 0.15) is 0 Å². The fourth-order valence-corrected chi connectivity index (χ4v) is 3.98. The van der Waals surface area contributed by atoms with Gasteiger partial charge >= 0.3 is 0 Å². The summed E-state index contributed by atoms with van der Waals surface area (Å²) in [5.74, 6) is 2.25. The standard InChI is InChI=1S/C17H26N2O2S/c1-3-13-4-6-14(7-5-13)16(11-20)18-17(21)10-19(2)15-8-9-22-12-15/h4-7,15-16,20H,3,8-12H2,1-2H3,(H,18,21). The molecule has 1 amide bonds. The monoisotopic (exact) mass is 322 g/mol. The van der Waals surface area contributed by atoms with Gasteiger partial charge in [0.2, 0.25) is 5.91 Å². The van der Waals surface area contributed by atoms with E-state index in [2.05, 4.69) is 17.1 Å². The average Bonchev–Trinajstić information content (AvgIpc) is 3.07. The van der Waals surface area contributed by atoms with Crippen LogP contribution in [0.4, 0.5) is 0 Å². The zero-order valence-electron chi connectivity index (χ0n) is 13.4. The topological polar surface area (TPSA) is 52.6 Å². The molecule has 0 saturated carbocycles. The Kier molecular flexibility index (Phi) is 6.73. The normalized spacial score (nSPS) is 19.4. The number of hydrogen-bond acceptors (Lipinski definition) is 4. The van der Waals surface area contributed by atoms with Crippen LogP contribution in [0.3, 0.4) is 0 Å². The minimum atomic E-state index is -0.329. The number of amides is 1. The first-order chi connectivity index (χ1) is 10.6. The van der Waals surface area contributed by atoms with Gasteiger partial charge < -0.3 is 10.4 Å². The van der Waals surface area contributed by atoms with Crippen molar-refractivity contribution >= 4 is 17.7 Å². The van der Waals surface area contributed by atoms with Crippen LogP contribution in [0.15, 0.2) is 24.3 Å². The van der Waals surface area contributed by atoms with E-state index < -0.39 is 0 Å². The van der Waals surface area contributed by atoms with Gasteiger partial charge in [0, 0.05) is 11.8 Å². The summed E-state index contributed by atoms with van der Waals surface area (Å²) >= 11 is 1.94. The molecular formula is C17H26N2O2S. The number of rotatable bonds is 7. The number of carbonyl (C=O) groups excluding carboxylic acids is 1. The van der Waals surface area contributed by atoms with Gasteiger partial charge in [-0.25, -0.2) is 0 Å². The molecule has 0 bridgehead atoms. The first kappa shape index (κ1) is 17.3. The third-order valence-corrected chi connectivity index (χ3v) is 5.37. The number of hydrogen-bond donors (Lipinski definition) is 2. The summed E-state index contributed by atoms with van der Waals surface area (Å²) in [7, 11) is 2.00. The summed E-state index contributed by atoms with van der Waals surface area (Å²) < 4.78 is 0. The van der Waals surface area contributed by atoms with Crippen LogP contribution >= 0.6 is 11.8 Å². The summed E-state index contributed by atoms with van der Waals surface area (Å²) in [5, 5.41) is 12.5. The van der Waals surface area contributed by atoms with E-state index >= 15 is 0 Å². The van der Waals surface area contributed by atoms with Gasteiger partial charge in [-0.1, -0.05) is 31.2 Å². The molecule has 122 valence electrons. The molecule has 22 heavy (non-hydrogen) atoms. The van der Waals surface area contributed by atoms with Gasteiger partial charge in [0.25, 0.3) is 0 Å². The van der Waals surface area contributed by atoms with E-state index in [0.717, 1.165) is 24.2 Å². The molecule has 1 aliphatic rings. The van der Waals surface area contributed by atoms with Crippen LogP contribution in [0, 0.1) is 0 Å². The molecule has 2 N–H and O–H groups in total. The Hall–Kier alpha value is -1.04. The quantitative estimate of drug-likeness (QED) is 0.804. The second kappa shape index (κ2) is 8.56. The van der Waals surface area contributed by atoms with Gasteiger partial charge in [-0.2, -0.15) is 11.8 Å². The number of nitrogens with zero attached hydrogens (tertiary/aromatic N) is 1. The van der Waals surface area contributed by atoms with Gasteiger partial charge in [-0.3, -0.25) is 9.69 Å². The lowest BCUT2D eigenvalue weighted by Crippen LogP contribution is -2.42. The highest BCUT2D eigenvalue weighted by Gasteiger charge is 2.22. The number of aryl methyl sites for hydroxylation is 1. The van der Waals surface area contributed by atoms with Crippen molar-refractivity contribution in [1.29, 1.82) is 0 Å². The molecule has 1 heterocycles. The molecule has 0 radical (unpaired) electrons. The fraction of sp³-hybridized carbons (Fsp3) is 0.588. The molecule has 0 spiro atoms. The van der Waals surface area contributed by atoms with E-state index in [0.29, 0.717) is 12.6 Å². The maximum atomic E-state index is 12.2. The van der Waals surface area contributed by atoms with Crippen LogP contribution < -0.4 is 5.32 Å². The minimum absolute atomic E-state index is 0.0296. The molecule has 1 saturated heterocycles. The Bertz CT molecular complexity index is 472. The number of benzene rings is 1. The Labute approximate surface area is 137 Å². The Balaban J connectivity index is 1.89. The average molecular weight is 322 g/mol. The van der Waals surface area contributed by atoms with Crippen LogP contribution in [0.1, 0.15) is 30.5 Å². The van der Waals surface area contributed by atoms with Crippen molar-refractivity contribution in [3.63, 3.8) is 0 Å². The SMILES string of the molecule is CCc1ccc(C(CO)NC(=O)CN(C)C2CCSC2)cc1. The van der Waals surface area contributed by atoms with Gasteiger partial charge in [0.05, 0.1) is 19.2 Å². The van der Waals surface area contributed by atoms with E-state index in [-0.39, 0.29) is 18.6 Å². The van der Waals surface area contributed by atoms with Crippen molar-refractivity contribution in [2.75, 3.05) is 31.7 Å². The van der Waals surface area contributed by atoms with Gasteiger partial charge in [-0.15, -0.1) is 0 Å². The fourth-order valence-electron chi connectivity index (χ4n) is 2.69.